The predicted molar refractivity (Wildman–Crippen MR) is 106 cm³/mol. The first-order chi connectivity index (χ1) is 13.7. The number of fused-ring (bicyclic) bond motifs is 1. The lowest BCUT2D eigenvalue weighted by Gasteiger charge is -2.12. The van der Waals surface area contributed by atoms with E-state index in [1.807, 2.05) is 30.5 Å². The van der Waals surface area contributed by atoms with Gasteiger partial charge in [0, 0.05) is 24.4 Å². The first-order valence-electron chi connectivity index (χ1n) is 9.05. The van der Waals surface area contributed by atoms with Crippen LogP contribution in [0.5, 0.6) is 0 Å². The summed E-state index contributed by atoms with van der Waals surface area (Å²) in [7, 11) is 0. The smallest absolute Gasteiger partial charge is 0.328 e. The van der Waals surface area contributed by atoms with Gasteiger partial charge in [-0.25, -0.2) is 4.98 Å². The Balaban J connectivity index is 1.85. The molecule has 4 nitrogen and oxygen atoms in total. The van der Waals surface area contributed by atoms with Crippen molar-refractivity contribution in [3.63, 3.8) is 0 Å². The molecule has 2 heterocycles. The van der Waals surface area contributed by atoms with Gasteiger partial charge in [-0.2, -0.15) is 13.2 Å². The van der Waals surface area contributed by atoms with Crippen LogP contribution < -0.4 is 5.56 Å². The lowest BCUT2D eigenvalue weighted by atomic mass is 10.1. The summed E-state index contributed by atoms with van der Waals surface area (Å²) in [5, 5.41) is 0. The molecule has 0 saturated carbocycles. The summed E-state index contributed by atoms with van der Waals surface area (Å²) in [5.74, 6) is 0.640. The number of nitrogens with zero attached hydrogens (tertiary/aromatic N) is 2. The molecule has 0 spiro atoms. The van der Waals surface area contributed by atoms with E-state index in [1.165, 1.54) is 18.2 Å². The van der Waals surface area contributed by atoms with E-state index in [1.54, 1.807) is 12.3 Å². The predicted octanol–water partition coefficient (Wildman–Crippen LogP) is 5.08. The Kier molecular flexibility index (Phi) is 4.53. The summed E-state index contributed by atoms with van der Waals surface area (Å²) in [6.07, 6.45) is -2.78. The summed E-state index contributed by atoms with van der Waals surface area (Å²) in [6.45, 7) is 4.36. The van der Waals surface area contributed by atoms with Crippen molar-refractivity contribution in [1.29, 1.82) is 0 Å². The monoisotopic (exact) mass is 397 g/mol. The highest BCUT2D eigenvalue weighted by Crippen LogP contribution is 2.30. The molecule has 0 fully saturated rings. The zero-order chi connectivity index (χ0) is 20.8. The molecule has 0 atom stereocenters. The van der Waals surface area contributed by atoms with Gasteiger partial charge in [0.25, 0.3) is 0 Å². The third kappa shape index (κ3) is 3.68. The van der Waals surface area contributed by atoms with Crippen molar-refractivity contribution in [2.75, 3.05) is 0 Å². The van der Waals surface area contributed by atoms with Crippen LogP contribution in [0.25, 0.3) is 22.4 Å². The van der Waals surface area contributed by atoms with Gasteiger partial charge in [-0.3, -0.25) is 4.79 Å². The van der Waals surface area contributed by atoms with Crippen LogP contribution in [0.3, 0.4) is 0 Å². The third-order valence-corrected chi connectivity index (χ3v) is 5.03. The van der Waals surface area contributed by atoms with Crippen molar-refractivity contribution in [3.8, 4) is 11.4 Å². The maximum absolute atomic E-state index is 12.9. The van der Waals surface area contributed by atoms with E-state index in [9.17, 15) is 18.0 Å². The van der Waals surface area contributed by atoms with Crippen molar-refractivity contribution in [3.05, 3.63) is 87.3 Å². The number of halogens is 3. The average molecular weight is 397 g/mol. The summed E-state index contributed by atoms with van der Waals surface area (Å²) in [6, 6.07) is 12.3. The third-order valence-electron chi connectivity index (χ3n) is 5.03. The van der Waals surface area contributed by atoms with Crippen molar-refractivity contribution >= 4 is 11.0 Å². The Morgan fingerprint density at radius 3 is 2.31 bits per heavy atom. The molecule has 7 heteroatoms. The standard InChI is InChI=1S/C22H18F3N3O/c1-13-9-18-19(10-14(13)2)28(21(27-18)16-5-8-20(29)26-11-16)12-15-3-6-17(7-4-15)22(23,24)25/h3-11H,12H2,1-2H3,(H,26,29). The van der Waals surface area contributed by atoms with E-state index in [-0.39, 0.29) is 5.56 Å². The minimum absolute atomic E-state index is 0.217. The lowest BCUT2D eigenvalue weighted by Crippen LogP contribution is -2.07. The first kappa shape index (κ1) is 19.0. The summed E-state index contributed by atoms with van der Waals surface area (Å²) in [4.78, 5) is 18.8. The number of pyridine rings is 1. The van der Waals surface area contributed by atoms with Crippen LogP contribution in [-0.4, -0.2) is 14.5 Å². The molecule has 0 aliphatic carbocycles. The van der Waals surface area contributed by atoms with Gasteiger partial charge in [0.15, 0.2) is 0 Å². The highest BCUT2D eigenvalue weighted by atomic mass is 19.4. The topological polar surface area (TPSA) is 50.7 Å². The quantitative estimate of drug-likeness (QED) is 0.524. The van der Waals surface area contributed by atoms with E-state index in [0.717, 1.165) is 45.4 Å². The molecule has 0 aliphatic heterocycles. The van der Waals surface area contributed by atoms with E-state index in [4.69, 9.17) is 4.98 Å². The zero-order valence-corrected chi connectivity index (χ0v) is 15.8. The average Bonchev–Trinajstić information content (AvgIpc) is 3.00. The number of nitrogens with one attached hydrogen (secondary N) is 1. The second-order valence-corrected chi connectivity index (χ2v) is 7.08. The zero-order valence-electron chi connectivity index (χ0n) is 15.8. The molecular formula is C22H18F3N3O. The maximum atomic E-state index is 12.9. The molecule has 0 unspecified atom stereocenters. The van der Waals surface area contributed by atoms with Crippen LogP contribution in [0.2, 0.25) is 0 Å². The number of hydrogen-bond donors (Lipinski definition) is 1. The molecule has 148 valence electrons. The number of hydrogen-bond acceptors (Lipinski definition) is 2. The van der Waals surface area contributed by atoms with Crippen molar-refractivity contribution in [1.82, 2.24) is 14.5 Å². The van der Waals surface area contributed by atoms with Gasteiger partial charge in [0.05, 0.1) is 16.6 Å². The summed E-state index contributed by atoms with van der Waals surface area (Å²) >= 11 is 0. The van der Waals surface area contributed by atoms with Crippen molar-refractivity contribution in [2.45, 2.75) is 26.6 Å². The van der Waals surface area contributed by atoms with Gasteiger partial charge in [-0.1, -0.05) is 12.1 Å². The normalized spacial score (nSPS) is 11.9. The molecule has 1 N–H and O–H groups in total. The Labute approximate surface area is 164 Å². The fourth-order valence-corrected chi connectivity index (χ4v) is 3.29. The van der Waals surface area contributed by atoms with Gasteiger partial charge in [-0.05, 0) is 60.9 Å². The van der Waals surface area contributed by atoms with E-state index < -0.39 is 11.7 Å². The van der Waals surface area contributed by atoms with Crippen LogP contribution in [0, 0.1) is 13.8 Å². The number of imidazole rings is 1. The highest BCUT2D eigenvalue weighted by Gasteiger charge is 2.30. The SMILES string of the molecule is Cc1cc2nc(-c3ccc(=O)[nH]c3)n(Cc3ccc(C(F)(F)F)cc3)c2cc1C. The maximum Gasteiger partial charge on any atom is 0.416 e. The molecule has 0 aliphatic rings. The van der Waals surface area contributed by atoms with Gasteiger partial charge >= 0.3 is 6.18 Å². The molecule has 4 rings (SSSR count). The Bertz CT molecular complexity index is 1230. The Morgan fingerprint density at radius 2 is 1.69 bits per heavy atom. The fourth-order valence-electron chi connectivity index (χ4n) is 3.29. The molecule has 0 bridgehead atoms. The molecule has 0 saturated heterocycles. The van der Waals surface area contributed by atoms with E-state index in [2.05, 4.69) is 4.98 Å². The molecule has 2 aromatic carbocycles. The minimum Gasteiger partial charge on any atom is -0.328 e. The fraction of sp³-hybridized carbons (Fsp3) is 0.182. The lowest BCUT2D eigenvalue weighted by molar-refractivity contribution is -0.137. The van der Waals surface area contributed by atoms with Crippen molar-refractivity contribution in [2.24, 2.45) is 0 Å². The molecular weight excluding hydrogens is 379 g/mol. The molecule has 0 radical (unpaired) electrons. The molecule has 4 aromatic rings. The second-order valence-electron chi connectivity index (χ2n) is 7.08. The number of aromatic nitrogens is 3. The molecule has 0 amide bonds. The van der Waals surface area contributed by atoms with Gasteiger partial charge in [-0.15, -0.1) is 0 Å². The number of alkyl halides is 3. The number of rotatable bonds is 3. The highest BCUT2D eigenvalue weighted by molar-refractivity contribution is 5.82. The van der Waals surface area contributed by atoms with Crippen LogP contribution in [0.4, 0.5) is 13.2 Å². The first-order valence-corrected chi connectivity index (χ1v) is 9.05. The number of H-pyrrole nitrogens is 1. The number of aryl methyl sites for hydroxylation is 2. The van der Waals surface area contributed by atoms with Crippen LogP contribution in [-0.2, 0) is 12.7 Å². The molecule has 2 aromatic heterocycles. The van der Waals surface area contributed by atoms with Crippen LogP contribution in [0.1, 0.15) is 22.3 Å². The largest absolute Gasteiger partial charge is 0.416 e. The van der Waals surface area contributed by atoms with E-state index in [0.29, 0.717) is 12.4 Å². The summed E-state index contributed by atoms with van der Waals surface area (Å²) < 4.78 is 40.5. The number of aromatic amines is 1. The Hall–Kier alpha value is -3.35. The van der Waals surface area contributed by atoms with Gasteiger partial charge in [0.2, 0.25) is 5.56 Å². The van der Waals surface area contributed by atoms with Crippen LogP contribution in [0.15, 0.2) is 59.5 Å². The second kappa shape index (κ2) is 6.92. The van der Waals surface area contributed by atoms with E-state index >= 15 is 0 Å². The molecule has 29 heavy (non-hydrogen) atoms. The number of benzene rings is 2. The van der Waals surface area contributed by atoms with Crippen LogP contribution >= 0.6 is 0 Å². The summed E-state index contributed by atoms with van der Waals surface area (Å²) in [5.41, 5.74) is 4.43. The van der Waals surface area contributed by atoms with Crippen molar-refractivity contribution < 1.29 is 13.2 Å². The Morgan fingerprint density at radius 1 is 1.00 bits per heavy atom. The van der Waals surface area contributed by atoms with Gasteiger partial charge < -0.3 is 9.55 Å². The minimum atomic E-state index is -4.37. The van der Waals surface area contributed by atoms with Gasteiger partial charge in [0.1, 0.15) is 5.82 Å².